The van der Waals surface area contributed by atoms with Crippen molar-refractivity contribution in [2.45, 2.75) is 33.3 Å². The minimum atomic E-state index is -0.935. The van der Waals surface area contributed by atoms with Gasteiger partial charge in [-0.2, -0.15) is 0 Å². The number of phenols is 1. The number of methoxy groups -OCH3 is 1. The number of phenolic OH excluding ortho intramolecular Hbond substituents is 1. The Bertz CT molecular complexity index is 375. The lowest BCUT2D eigenvalue weighted by Gasteiger charge is -2.23. The number of ether oxygens (including phenoxy) is 1. The molecule has 0 saturated carbocycles. The van der Waals surface area contributed by atoms with Crippen LogP contribution in [0.2, 0.25) is 0 Å². The van der Waals surface area contributed by atoms with Crippen LogP contribution in [-0.2, 0) is 5.60 Å². The fourth-order valence-corrected chi connectivity index (χ4v) is 1.76. The number of benzene rings is 1. The lowest BCUT2D eigenvalue weighted by Crippen LogP contribution is -2.17. The number of hydrogen-bond donors (Lipinski definition) is 2. The lowest BCUT2D eigenvalue weighted by atomic mass is 9.91. The molecule has 0 aliphatic heterocycles. The predicted molar refractivity (Wildman–Crippen MR) is 59.4 cm³/mol. The molecule has 0 fully saturated rings. The summed E-state index contributed by atoms with van der Waals surface area (Å²) in [5.74, 6) is 0.579. The molecule has 0 unspecified atom stereocenters. The largest absolute Gasteiger partial charge is 0.504 e. The molecule has 0 radical (unpaired) electrons. The van der Waals surface area contributed by atoms with Crippen molar-refractivity contribution in [1.82, 2.24) is 0 Å². The smallest absolute Gasteiger partial charge is 0.164 e. The monoisotopic (exact) mass is 210 g/mol. The van der Waals surface area contributed by atoms with E-state index in [-0.39, 0.29) is 5.75 Å². The molecule has 0 aliphatic rings. The molecule has 0 heterocycles. The normalized spacial score (nSPS) is 11.6. The summed E-state index contributed by atoms with van der Waals surface area (Å²) in [4.78, 5) is 0. The van der Waals surface area contributed by atoms with Crippen LogP contribution in [0.1, 0.15) is 30.5 Å². The molecule has 0 aliphatic carbocycles. The van der Waals surface area contributed by atoms with E-state index in [4.69, 9.17) is 4.74 Å². The van der Waals surface area contributed by atoms with Crippen molar-refractivity contribution in [3.8, 4) is 11.5 Å². The molecule has 1 aromatic carbocycles. The number of aryl methyl sites for hydroxylation is 1. The zero-order valence-electron chi connectivity index (χ0n) is 9.88. The van der Waals surface area contributed by atoms with Gasteiger partial charge >= 0.3 is 0 Å². The highest BCUT2D eigenvalue weighted by molar-refractivity contribution is 5.55. The SMILES string of the molecule is COc1c(C)c(C(C)(C)O)cc(C)c1O. The molecular weight excluding hydrogens is 192 g/mol. The number of rotatable bonds is 2. The molecule has 0 aromatic heterocycles. The second-order valence-corrected chi connectivity index (χ2v) is 4.31. The first kappa shape index (κ1) is 11.9. The Morgan fingerprint density at radius 3 is 2.20 bits per heavy atom. The molecule has 3 nitrogen and oxygen atoms in total. The maximum atomic E-state index is 9.97. The van der Waals surface area contributed by atoms with Gasteiger partial charge in [-0.25, -0.2) is 0 Å². The van der Waals surface area contributed by atoms with E-state index in [9.17, 15) is 10.2 Å². The van der Waals surface area contributed by atoms with E-state index in [1.54, 1.807) is 26.8 Å². The van der Waals surface area contributed by atoms with Crippen molar-refractivity contribution in [1.29, 1.82) is 0 Å². The summed E-state index contributed by atoms with van der Waals surface area (Å²) in [6.45, 7) is 7.04. The van der Waals surface area contributed by atoms with Gasteiger partial charge in [0, 0.05) is 5.56 Å². The minimum Gasteiger partial charge on any atom is -0.504 e. The van der Waals surface area contributed by atoms with Crippen LogP contribution in [0.5, 0.6) is 11.5 Å². The van der Waals surface area contributed by atoms with E-state index in [0.717, 1.165) is 11.1 Å². The summed E-state index contributed by atoms with van der Waals surface area (Å²) < 4.78 is 5.13. The van der Waals surface area contributed by atoms with Gasteiger partial charge in [0.25, 0.3) is 0 Å². The van der Waals surface area contributed by atoms with Gasteiger partial charge in [-0.3, -0.25) is 0 Å². The van der Waals surface area contributed by atoms with Crippen LogP contribution in [-0.4, -0.2) is 17.3 Å². The maximum absolute atomic E-state index is 9.97. The Labute approximate surface area is 90.3 Å². The van der Waals surface area contributed by atoms with Crippen molar-refractivity contribution in [3.05, 3.63) is 22.8 Å². The van der Waals surface area contributed by atoms with Crippen molar-refractivity contribution >= 4 is 0 Å². The number of aromatic hydroxyl groups is 1. The van der Waals surface area contributed by atoms with Gasteiger partial charge in [-0.05, 0) is 44.9 Å². The zero-order chi connectivity index (χ0) is 11.8. The first-order chi connectivity index (χ1) is 6.79. The molecule has 2 N–H and O–H groups in total. The highest BCUT2D eigenvalue weighted by Gasteiger charge is 2.23. The Morgan fingerprint density at radius 1 is 1.27 bits per heavy atom. The van der Waals surface area contributed by atoms with Gasteiger partial charge in [-0.15, -0.1) is 0 Å². The van der Waals surface area contributed by atoms with Gasteiger partial charge in [0.2, 0.25) is 0 Å². The molecule has 15 heavy (non-hydrogen) atoms. The second kappa shape index (κ2) is 3.74. The third kappa shape index (κ3) is 2.07. The fourth-order valence-electron chi connectivity index (χ4n) is 1.76. The average molecular weight is 210 g/mol. The van der Waals surface area contributed by atoms with Gasteiger partial charge < -0.3 is 14.9 Å². The van der Waals surface area contributed by atoms with E-state index < -0.39 is 5.60 Å². The van der Waals surface area contributed by atoms with Crippen LogP contribution < -0.4 is 4.74 Å². The van der Waals surface area contributed by atoms with Gasteiger partial charge in [-0.1, -0.05) is 0 Å². The molecular formula is C12H18O3. The number of aliphatic hydroxyl groups is 1. The summed E-state index contributed by atoms with van der Waals surface area (Å²) in [7, 11) is 1.51. The Hall–Kier alpha value is -1.22. The van der Waals surface area contributed by atoms with Crippen LogP contribution in [0.25, 0.3) is 0 Å². The predicted octanol–water partition coefficient (Wildman–Crippen LogP) is 2.25. The van der Waals surface area contributed by atoms with E-state index in [0.29, 0.717) is 11.3 Å². The van der Waals surface area contributed by atoms with Crippen LogP contribution in [0.15, 0.2) is 6.07 Å². The summed E-state index contributed by atoms with van der Waals surface area (Å²) in [5, 5.41) is 19.7. The maximum Gasteiger partial charge on any atom is 0.164 e. The third-order valence-corrected chi connectivity index (χ3v) is 2.56. The van der Waals surface area contributed by atoms with Crippen LogP contribution in [0.3, 0.4) is 0 Å². The van der Waals surface area contributed by atoms with Crippen LogP contribution in [0.4, 0.5) is 0 Å². The summed E-state index contributed by atoms with van der Waals surface area (Å²) >= 11 is 0. The minimum absolute atomic E-state index is 0.142. The van der Waals surface area contributed by atoms with Gasteiger partial charge in [0.05, 0.1) is 12.7 Å². The average Bonchev–Trinajstić information content (AvgIpc) is 2.10. The molecule has 0 atom stereocenters. The molecule has 0 saturated heterocycles. The fraction of sp³-hybridized carbons (Fsp3) is 0.500. The molecule has 0 amide bonds. The Kier molecular flexibility index (Phi) is 2.95. The standard InChI is InChI=1S/C12H18O3/c1-7-6-9(12(3,4)14)8(2)11(15-5)10(7)13/h6,13-14H,1-5H3. The summed E-state index contributed by atoms with van der Waals surface area (Å²) in [6, 6.07) is 1.78. The van der Waals surface area contributed by atoms with Crippen molar-refractivity contribution < 1.29 is 14.9 Å². The Balaban J connectivity index is 3.51. The first-order valence-corrected chi connectivity index (χ1v) is 4.89. The van der Waals surface area contributed by atoms with Gasteiger partial charge in [0.15, 0.2) is 11.5 Å². The molecule has 0 spiro atoms. The molecule has 1 aromatic rings. The highest BCUT2D eigenvalue weighted by atomic mass is 16.5. The lowest BCUT2D eigenvalue weighted by molar-refractivity contribution is 0.0774. The molecule has 0 bridgehead atoms. The molecule has 3 heteroatoms. The van der Waals surface area contributed by atoms with E-state index in [2.05, 4.69) is 0 Å². The summed E-state index contributed by atoms with van der Waals surface area (Å²) in [6.07, 6.45) is 0. The zero-order valence-corrected chi connectivity index (χ0v) is 9.88. The molecule has 1 rings (SSSR count). The Morgan fingerprint density at radius 2 is 1.80 bits per heavy atom. The quantitative estimate of drug-likeness (QED) is 0.787. The van der Waals surface area contributed by atoms with Gasteiger partial charge in [0.1, 0.15) is 0 Å². The first-order valence-electron chi connectivity index (χ1n) is 4.89. The van der Waals surface area contributed by atoms with Crippen LogP contribution in [0, 0.1) is 13.8 Å². The summed E-state index contributed by atoms with van der Waals surface area (Å²) in [5.41, 5.74) is 1.31. The van der Waals surface area contributed by atoms with Crippen molar-refractivity contribution in [2.24, 2.45) is 0 Å². The molecule has 84 valence electrons. The van der Waals surface area contributed by atoms with Crippen molar-refractivity contribution in [2.75, 3.05) is 7.11 Å². The highest BCUT2D eigenvalue weighted by Crippen LogP contribution is 2.38. The van der Waals surface area contributed by atoms with E-state index >= 15 is 0 Å². The van der Waals surface area contributed by atoms with E-state index in [1.807, 2.05) is 6.92 Å². The number of hydrogen-bond acceptors (Lipinski definition) is 3. The third-order valence-electron chi connectivity index (χ3n) is 2.56. The topological polar surface area (TPSA) is 49.7 Å². The van der Waals surface area contributed by atoms with Crippen LogP contribution >= 0.6 is 0 Å². The second-order valence-electron chi connectivity index (χ2n) is 4.31. The van der Waals surface area contributed by atoms with E-state index in [1.165, 1.54) is 7.11 Å². The van der Waals surface area contributed by atoms with Crippen molar-refractivity contribution in [3.63, 3.8) is 0 Å².